The Morgan fingerprint density at radius 1 is 1.08 bits per heavy atom. The highest BCUT2D eigenvalue weighted by molar-refractivity contribution is 7.89. The summed E-state index contributed by atoms with van der Waals surface area (Å²) in [6.45, 7) is 2.01. The average Bonchev–Trinajstić information content (AvgIpc) is 3.17. The number of rotatable bonds is 8. The van der Waals surface area contributed by atoms with Gasteiger partial charge in [0.25, 0.3) is 5.91 Å². The smallest absolute Gasteiger partial charge is 0.349 e. The van der Waals surface area contributed by atoms with Crippen molar-refractivity contribution in [3.63, 3.8) is 0 Å². The largest absolute Gasteiger partial charge is 0.497 e. The van der Waals surface area contributed by atoms with Crippen LogP contribution in [-0.4, -0.2) is 51.4 Å². The molecule has 0 aliphatic carbocycles. The molecule has 1 aliphatic rings. The highest BCUT2D eigenvalue weighted by Gasteiger charge is 2.27. The molecular formula is C26H29N3O6S. The number of benzene rings is 2. The Morgan fingerprint density at radius 3 is 2.36 bits per heavy atom. The molecule has 2 aromatic rings. The number of amides is 1. The molecule has 0 saturated carbocycles. The van der Waals surface area contributed by atoms with Gasteiger partial charge >= 0.3 is 5.97 Å². The molecule has 0 atom stereocenters. The maximum atomic E-state index is 13.2. The van der Waals surface area contributed by atoms with Gasteiger partial charge in [0.05, 0.1) is 12.0 Å². The number of nitriles is 1. The number of anilines is 1. The van der Waals surface area contributed by atoms with Crippen LogP contribution in [0, 0.1) is 18.3 Å². The second-order valence-electron chi connectivity index (χ2n) is 8.37. The van der Waals surface area contributed by atoms with E-state index in [0.29, 0.717) is 30.0 Å². The van der Waals surface area contributed by atoms with Crippen LogP contribution in [0.2, 0.25) is 0 Å². The van der Waals surface area contributed by atoms with Gasteiger partial charge < -0.3 is 14.8 Å². The molecule has 3 rings (SSSR count). The molecule has 0 aromatic heterocycles. The quantitative estimate of drug-likeness (QED) is 0.326. The molecule has 1 saturated heterocycles. The number of methoxy groups -OCH3 is 1. The van der Waals surface area contributed by atoms with Crippen LogP contribution in [0.4, 0.5) is 5.69 Å². The summed E-state index contributed by atoms with van der Waals surface area (Å²) in [4.78, 5) is 24.8. The number of nitrogens with zero attached hydrogens (tertiary/aromatic N) is 2. The minimum absolute atomic E-state index is 0.133. The molecule has 1 aliphatic heterocycles. The monoisotopic (exact) mass is 511 g/mol. The molecule has 1 heterocycles. The fraction of sp³-hybridized carbons (Fsp3) is 0.346. The number of carbonyl (C=O) groups excluding carboxylic acids is 2. The van der Waals surface area contributed by atoms with Gasteiger partial charge in [-0.15, -0.1) is 0 Å². The fourth-order valence-electron chi connectivity index (χ4n) is 3.79. The maximum Gasteiger partial charge on any atom is 0.349 e. The van der Waals surface area contributed by atoms with Gasteiger partial charge in [0, 0.05) is 18.8 Å². The van der Waals surface area contributed by atoms with Crippen LogP contribution in [0.3, 0.4) is 0 Å². The zero-order chi connectivity index (χ0) is 26.1. The third kappa shape index (κ3) is 6.93. The Bertz CT molecular complexity index is 1270. The van der Waals surface area contributed by atoms with Crippen molar-refractivity contribution in [2.24, 2.45) is 0 Å². The van der Waals surface area contributed by atoms with E-state index < -0.39 is 28.5 Å². The van der Waals surface area contributed by atoms with Crippen molar-refractivity contribution >= 4 is 33.7 Å². The number of hydrogen-bond acceptors (Lipinski definition) is 7. The minimum atomic E-state index is -3.70. The molecule has 0 spiro atoms. The van der Waals surface area contributed by atoms with Crippen molar-refractivity contribution in [1.82, 2.24) is 4.31 Å². The number of esters is 1. The Morgan fingerprint density at radius 2 is 1.75 bits per heavy atom. The van der Waals surface area contributed by atoms with Crippen molar-refractivity contribution < 1.29 is 27.5 Å². The van der Waals surface area contributed by atoms with Gasteiger partial charge in [-0.3, -0.25) is 4.79 Å². The topological polar surface area (TPSA) is 126 Å². The summed E-state index contributed by atoms with van der Waals surface area (Å²) in [5.74, 6) is -0.979. The van der Waals surface area contributed by atoms with Crippen LogP contribution in [0.1, 0.15) is 36.8 Å². The molecule has 190 valence electrons. The first-order valence-corrected chi connectivity index (χ1v) is 13.0. The first-order valence-electron chi connectivity index (χ1n) is 11.6. The number of nitrogens with one attached hydrogen (secondary N) is 1. The van der Waals surface area contributed by atoms with Gasteiger partial charge in [-0.25, -0.2) is 13.2 Å². The second kappa shape index (κ2) is 12.3. The predicted molar refractivity (Wildman–Crippen MR) is 135 cm³/mol. The van der Waals surface area contributed by atoms with Gasteiger partial charge in [-0.2, -0.15) is 9.57 Å². The number of ether oxygens (including phenoxy) is 2. The number of sulfonamides is 1. The number of hydrogen-bond donors (Lipinski definition) is 1. The van der Waals surface area contributed by atoms with Gasteiger partial charge in [0.15, 0.2) is 6.61 Å². The zero-order valence-corrected chi connectivity index (χ0v) is 21.1. The van der Waals surface area contributed by atoms with Gasteiger partial charge in [-0.05, 0) is 61.2 Å². The Labute approximate surface area is 211 Å². The second-order valence-corrected chi connectivity index (χ2v) is 10.3. The normalized spacial score (nSPS) is 14.9. The van der Waals surface area contributed by atoms with Gasteiger partial charge in [-0.1, -0.05) is 31.0 Å². The lowest BCUT2D eigenvalue weighted by Crippen LogP contribution is -2.32. The summed E-state index contributed by atoms with van der Waals surface area (Å²) in [6.07, 6.45) is 4.99. The van der Waals surface area contributed by atoms with E-state index in [1.807, 2.05) is 0 Å². The van der Waals surface area contributed by atoms with E-state index in [-0.39, 0.29) is 16.2 Å². The third-order valence-corrected chi connectivity index (χ3v) is 7.80. The van der Waals surface area contributed by atoms with E-state index >= 15 is 0 Å². The third-order valence-electron chi connectivity index (χ3n) is 5.76. The summed E-state index contributed by atoms with van der Waals surface area (Å²) in [5, 5.41) is 11.9. The van der Waals surface area contributed by atoms with Crippen LogP contribution in [0.5, 0.6) is 5.75 Å². The molecule has 1 N–H and O–H groups in total. The highest BCUT2D eigenvalue weighted by atomic mass is 32.2. The molecule has 1 amide bonds. The van der Waals surface area contributed by atoms with E-state index in [4.69, 9.17) is 9.47 Å². The molecule has 10 heteroatoms. The summed E-state index contributed by atoms with van der Waals surface area (Å²) < 4.78 is 38.0. The van der Waals surface area contributed by atoms with E-state index in [0.717, 1.165) is 25.7 Å². The lowest BCUT2D eigenvalue weighted by molar-refractivity contribution is -0.142. The van der Waals surface area contributed by atoms with Gasteiger partial charge in [0.2, 0.25) is 10.0 Å². The standard InChI is InChI=1S/C26H29N3O6S/c1-19-7-10-22(16-24(19)36(32,33)29-13-5-3-4-6-14-29)28-25(30)18-35-26(31)21(17-27)15-20-8-11-23(34-2)12-9-20/h7-12,15-16H,3-6,13-14,18H2,1-2H3,(H,28,30). The molecule has 36 heavy (non-hydrogen) atoms. The lowest BCUT2D eigenvalue weighted by atomic mass is 10.1. The van der Waals surface area contributed by atoms with Crippen molar-refractivity contribution in [2.45, 2.75) is 37.5 Å². The van der Waals surface area contributed by atoms with E-state index in [2.05, 4.69) is 5.32 Å². The van der Waals surface area contributed by atoms with E-state index in [1.165, 1.54) is 23.6 Å². The molecule has 2 aromatic carbocycles. The van der Waals surface area contributed by atoms with Crippen LogP contribution < -0.4 is 10.1 Å². The number of aryl methyl sites for hydroxylation is 1. The average molecular weight is 512 g/mol. The first-order chi connectivity index (χ1) is 17.2. The summed E-state index contributed by atoms with van der Waals surface area (Å²) >= 11 is 0. The van der Waals surface area contributed by atoms with Crippen LogP contribution >= 0.6 is 0 Å². The Balaban J connectivity index is 1.64. The number of carbonyl (C=O) groups is 2. The van der Waals surface area contributed by atoms with Gasteiger partial charge in [0.1, 0.15) is 17.4 Å². The highest BCUT2D eigenvalue weighted by Crippen LogP contribution is 2.26. The van der Waals surface area contributed by atoms with E-state index in [1.54, 1.807) is 49.4 Å². The van der Waals surface area contributed by atoms with Crippen molar-refractivity contribution in [2.75, 3.05) is 32.1 Å². The SMILES string of the molecule is COc1ccc(C=C(C#N)C(=O)OCC(=O)Nc2ccc(C)c(S(=O)(=O)N3CCCCCC3)c2)cc1. The lowest BCUT2D eigenvalue weighted by Gasteiger charge is -2.21. The predicted octanol–water partition coefficient (Wildman–Crippen LogP) is 3.66. The fourth-order valence-corrected chi connectivity index (χ4v) is 5.55. The molecule has 1 fully saturated rings. The molecule has 0 bridgehead atoms. The zero-order valence-electron chi connectivity index (χ0n) is 20.3. The van der Waals surface area contributed by atoms with Crippen molar-refractivity contribution in [3.05, 3.63) is 59.2 Å². The van der Waals surface area contributed by atoms with Crippen LogP contribution in [-0.2, 0) is 24.3 Å². The Hall–Kier alpha value is -3.68. The van der Waals surface area contributed by atoms with Crippen molar-refractivity contribution in [3.8, 4) is 11.8 Å². The maximum absolute atomic E-state index is 13.2. The summed E-state index contributed by atoms with van der Waals surface area (Å²) in [5.41, 5.74) is 1.16. The summed E-state index contributed by atoms with van der Waals surface area (Å²) in [6, 6.07) is 13.1. The van der Waals surface area contributed by atoms with Crippen LogP contribution in [0.25, 0.3) is 6.08 Å². The van der Waals surface area contributed by atoms with Crippen LogP contribution in [0.15, 0.2) is 52.9 Å². The Kier molecular flexibility index (Phi) is 9.22. The molecule has 9 nitrogen and oxygen atoms in total. The van der Waals surface area contributed by atoms with E-state index in [9.17, 15) is 23.3 Å². The molecular weight excluding hydrogens is 482 g/mol. The molecule has 0 unspecified atom stereocenters. The van der Waals surface area contributed by atoms with Crippen molar-refractivity contribution in [1.29, 1.82) is 5.26 Å². The first kappa shape index (κ1) is 26.9. The molecule has 0 radical (unpaired) electrons. The minimum Gasteiger partial charge on any atom is -0.497 e. The summed E-state index contributed by atoms with van der Waals surface area (Å²) in [7, 11) is -2.18.